The zero-order valence-electron chi connectivity index (χ0n) is 9.02. The number of nitrogens with zero attached hydrogens (tertiary/aromatic N) is 1. The largest absolute Gasteiger partial charge is 0.453 e. The van der Waals surface area contributed by atoms with E-state index in [1.807, 2.05) is 0 Å². The van der Waals surface area contributed by atoms with Crippen LogP contribution in [0.1, 0.15) is 5.56 Å². The summed E-state index contributed by atoms with van der Waals surface area (Å²) < 4.78 is 90.2. The molecule has 1 rings (SSSR count). The highest BCUT2D eigenvalue weighted by Crippen LogP contribution is 2.36. The van der Waals surface area contributed by atoms with Crippen LogP contribution in [0.4, 0.5) is 30.7 Å². The highest BCUT2D eigenvalue weighted by molar-refractivity contribution is 5.23. The van der Waals surface area contributed by atoms with Gasteiger partial charge in [-0.15, -0.1) is 0 Å². The molecule has 19 heavy (non-hydrogen) atoms. The second-order valence-corrected chi connectivity index (χ2v) is 3.37. The van der Waals surface area contributed by atoms with E-state index in [4.69, 9.17) is 5.73 Å². The van der Waals surface area contributed by atoms with E-state index in [0.29, 0.717) is 0 Å². The maximum absolute atomic E-state index is 13.4. The lowest BCUT2D eigenvalue weighted by Gasteiger charge is -2.23. The van der Waals surface area contributed by atoms with Gasteiger partial charge in [-0.3, -0.25) is 0 Å². The van der Waals surface area contributed by atoms with Crippen molar-refractivity contribution in [3.63, 3.8) is 0 Å². The van der Waals surface area contributed by atoms with E-state index in [2.05, 4.69) is 9.72 Å². The monoisotopic (exact) mass is 292 g/mol. The van der Waals surface area contributed by atoms with Crippen LogP contribution >= 0.6 is 0 Å². The Labute approximate surface area is 102 Å². The average Bonchev–Trinajstić information content (AvgIpc) is 2.24. The minimum absolute atomic E-state index is 0.312. The van der Waals surface area contributed by atoms with E-state index < -0.39 is 36.7 Å². The summed E-state index contributed by atoms with van der Waals surface area (Å²) in [5.41, 5.74) is 4.74. The molecule has 0 aromatic carbocycles. The molecular weight excluding hydrogens is 285 g/mol. The van der Waals surface area contributed by atoms with Crippen molar-refractivity contribution in [1.29, 1.82) is 0 Å². The van der Waals surface area contributed by atoms with Gasteiger partial charge in [-0.05, 0) is 6.07 Å². The van der Waals surface area contributed by atoms with Gasteiger partial charge in [0.2, 0.25) is 0 Å². The van der Waals surface area contributed by atoms with Crippen molar-refractivity contribution in [3.8, 4) is 5.88 Å². The maximum Gasteiger partial charge on any atom is 0.434 e. The number of nitrogens with two attached hydrogens (primary N) is 1. The van der Waals surface area contributed by atoms with E-state index in [9.17, 15) is 30.7 Å². The lowest BCUT2D eigenvalue weighted by molar-refractivity contribution is -0.300. The molecule has 0 spiro atoms. The summed E-state index contributed by atoms with van der Waals surface area (Å²) in [6.45, 7) is -0.423. The highest BCUT2D eigenvalue weighted by atomic mass is 19.4. The Bertz CT molecular complexity index is 429. The van der Waals surface area contributed by atoms with Gasteiger partial charge < -0.3 is 10.5 Å². The third kappa shape index (κ3) is 3.69. The molecule has 3 nitrogen and oxygen atoms in total. The van der Waals surface area contributed by atoms with E-state index in [1.165, 1.54) is 0 Å². The molecule has 0 unspecified atom stereocenters. The molecule has 2 N–H and O–H groups in total. The van der Waals surface area contributed by atoms with Gasteiger partial charge >= 0.3 is 12.4 Å². The predicted octanol–water partition coefficient (Wildman–Crippen LogP) is 2.55. The Morgan fingerprint density at radius 1 is 1.16 bits per heavy atom. The predicted molar refractivity (Wildman–Crippen MR) is 48.6 cm³/mol. The van der Waals surface area contributed by atoms with Crippen LogP contribution in [0.5, 0.6) is 5.88 Å². The fraction of sp³-hybridized carbons (Fsp3) is 0.444. The van der Waals surface area contributed by atoms with Crippen LogP contribution in [-0.4, -0.2) is 23.4 Å². The standard InChI is InChI=1S/C9H7F7N2O/c10-5-4(3-17)1-2-18-6(5)19-7(8(11,12)13)9(14,15)16/h1-2,7H,3,17H2. The van der Waals surface area contributed by atoms with Crippen LogP contribution < -0.4 is 10.5 Å². The fourth-order valence-corrected chi connectivity index (χ4v) is 1.13. The van der Waals surface area contributed by atoms with E-state index in [1.54, 1.807) is 0 Å². The average molecular weight is 292 g/mol. The summed E-state index contributed by atoms with van der Waals surface area (Å²) in [6, 6.07) is 1.01. The van der Waals surface area contributed by atoms with Crippen LogP contribution in [0.15, 0.2) is 12.3 Å². The smallest absolute Gasteiger partial charge is 0.434 e. The van der Waals surface area contributed by atoms with E-state index >= 15 is 0 Å². The lowest BCUT2D eigenvalue weighted by atomic mass is 10.2. The molecule has 0 saturated heterocycles. The molecule has 1 aromatic rings. The first kappa shape index (κ1) is 15.5. The lowest BCUT2D eigenvalue weighted by Crippen LogP contribution is -2.46. The van der Waals surface area contributed by atoms with Crippen molar-refractivity contribution < 1.29 is 35.5 Å². The summed E-state index contributed by atoms with van der Waals surface area (Å²) in [7, 11) is 0. The molecule has 0 aliphatic carbocycles. The summed E-state index contributed by atoms with van der Waals surface area (Å²) in [5, 5.41) is 0. The van der Waals surface area contributed by atoms with Gasteiger partial charge in [0.15, 0.2) is 5.82 Å². The zero-order chi connectivity index (χ0) is 14.8. The number of ether oxygens (including phenoxy) is 1. The van der Waals surface area contributed by atoms with Crippen molar-refractivity contribution in [3.05, 3.63) is 23.6 Å². The van der Waals surface area contributed by atoms with Gasteiger partial charge in [0.25, 0.3) is 12.0 Å². The molecule has 0 atom stereocenters. The van der Waals surface area contributed by atoms with Crippen molar-refractivity contribution >= 4 is 0 Å². The number of hydrogen-bond acceptors (Lipinski definition) is 3. The maximum atomic E-state index is 13.4. The van der Waals surface area contributed by atoms with Crippen molar-refractivity contribution in [2.75, 3.05) is 0 Å². The molecule has 0 radical (unpaired) electrons. The molecule has 0 fully saturated rings. The van der Waals surface area contributed by atoms with Crippen molar-refractivity contribution in [2.45, 2.75) is 25.0 Å². The number of rotatable bonds is 3. The van der Waals surface area contributed by atoms with Gasteiger partial charge in [-0.25, -0.2) is 9.37 Å². The molecule has 0 aliphatic heterocycles. The molecule has 1 heterocycles. The van der Waals surface area contributed by atoms with E-state index in [-0.39, 0.29) is 5.56 Å². The van der Waals surface area contributed by atoms with Crippen LogP contribution in [-0.2, 0) is 6.54 Å². The quantitative estimate of drug-likeness (QED) is 0.871. The molecular formula is C9H7F7N2O. The Morgan fingerprint density at radius 2 is 1.68 bits per heavy atom. The highest BCUT2D eigenvalue weighted by Gasteiger charge is 2.59. The Morgan fingerprint density at radius 3 is 2.11 bits per heavy atom. The first-order valence-corrected chi connectivity index (χ1v) is 4.71. The van der Waals surface area contributed by atoms with Crippen LogP contribution in [0.3, 0.4) is 0 Å². The van der Waals surface area contributed by atoms with Crippen LogP contribution in [0.2, 0.25) is 0 Å². The van der Waals surface area contributed by atoms with Gasteiger partial charge in [-0.1, -0.05) is 0 Å². The minimum Gasteiger partial charge on any atom is -0.453 e. The molecule has 0 amide bonds. The normalized spacial score (nSPS) is 12.9. The molecule has 10 heteroatoms. The van der Waals surface area contributed by atoms with Crippen molar-refractivity contribution in [2.24, 2.45) is 5.73 Å². The van der Waals surface area contributed by atoms with Gasteiger partial charge in [-0.2, -0.15) is 26.3 Å². The van der Waals surface area contributed by atoms with Crippen LogP contribution in [0, 0.1) is 5.82 Å². The minimum atomic E-state index is -5.74. The number of pyridine rings is 1. The number of aromatic nitrogens is 1. The zero-order valence-corrected chi connectivity index (χ0v) is 9.02. The molecule has 108 valence electrons. The Kier molecular flexibility index (Phi) is 4.23. The number of halogens is 7. The van der Waals surface area contributed by atoms with E-state index in [0.717, 1.165) is 12.3 Å². The SMILES string of the molecule is NCc1ccnc(OC(C(F)(F)F)C(F)(F)F)c1F. The summed E-state index contributed by atoms with van der Waals surface area (Å²) in [5.74, 6) is -2.86. The Balaban J connectivity index is 3.11. The van der Waals surface area contributed by atoms with Crippen molar-refractivity contribution in [1.82, 2.24) is 4.98 Å². The molecule has 0 bridgehead atoms. The molecule has 0 aliphatic rings. The number of alkyl halides is 6. The topological polar surface area (TPSA) is 48.1 Å². The molecule has 0 saturated carbocycles. The van der Waals surface area contributed by atoms with Gasteiger partial charge in [0.05, 0.1) is 0 Å². The van der Waals surface area contributed by atoms with Gasteiger partial charge in [0, 0.05) is 18.3 Å². The molecule has 1 aromatic heterocycles. The first-order chi connectivity index (χ1) is 8.57. The second-order valence-electron chi connectivity index (χ2n) is 3.37. The second kappa shape index (κ2) is 5.19. The Hall–Kier alpha value is -1.58. The third-order valence-corrected chi connectivity index (χ3v) is 1.98. The van der Waals surface area contributed by atoms with Gasteiger partial charge in [0.1, 0.15) is 0 Å². The summed E-state index contributed by atoms with van der Waals surface area (Å²) in [6.07, 6.45) is -14.9. The first-order valence-electron chi connectivity index (χ1n) is 4.71. The fourth-order valence-electron chi connectivity index (χ4n) is 1.13. The summed E-state index contributed by atoms with van der Waals surface area (Å²) in [4.78, 5) is 3.00. The third-order valence-electron chi connectivity index (χ3n) is 1.98. The number of hydrogen-bond donors (Lipinski definition) is 1. The summed E-state index contributed by atoms with van der Waals surface area (Å²) >= 11 is 0. The van der Waals surface area contributed by atoms with Crippen LogP contribution in [0.25, 0.3) is 0 Å².